The van der Waals surface area contributed by atoms with Crippen LogP contribution in [0.3, 0.4) is 0 Å². The number of likely N-dealkylation sites (tertiary alicyclic amines) is 1. The molecule has 5 heteroatoms. The molecule has 0 aromatic carbocycles. The summed E-state index contributed by atoms with van der Waals surface area (Å²) in [5.74, 6) is -0.109. The Bertz CT molecular complexity index is 185. The minimum atomic E-state index is -0.229. The Kier molecular flexibility index (Phi) is 4.26. The van der Waals surface area contributed by atoms with Crippen molar-refractivity contribution < 1.29 is 29.1 Å². The second-order valence-corrected chi connectivity index (χ2v) is 2.69. The molecule has 1 atom stereocenters. The zero-order valence-corrected chi connectivity index (χ0v) is 8.57. The second kappa shape index (κ2) is 4.22. The Morgan fingerprint density at radius 1 is 1.64 bits per heavy atom. The van der Waals surface area contributed by atoms with Gasteiger partial charge in [0.25, 0.3) is 0 Å². The van der Waals surface area contributed by atoms with E-state index in [-0.39, 0.29) is 37.2 Å². The summed E-state index contributed by atoms with van der Waals surface area (Å²) in [5, 5.41) is 0. The molecule has 0 bridgehead atoms. The van der Waals surface area contributed by atoms with Gasteiger partial charge in [0.15, 0.2) is 0 Å². The average molecular weight is 259 g/mol. The maximum atomic E-state index is 11.0. The number of rotatable bonds is 1. The van der Waals surface area contributed by atoms with Gasteiger partial charge in [0.1, 0.15) is 0 Å². The van der Waals surface area contributed by atoms with Gasteiger partial charge in [-0.1, -0.05) is 0 Å². The summed E-state index contributed by atoms with van der Waals surface area (Å²) in [6.45, 7) is 0. The van der Waals surface area contributed by atoms with E-state index in [1.807, 2.05) is 0 Å². The third kappa shape index (κ3) is 2.03. The van der Waals surface area contributed by atoms with Crippen molar-refractivity contribution in [1.82, 2.24) is 4.90 Å². The quantitative estimate of drug-likeness (QED) is 0.363. The Morgan fingerprint density at radius 2 is 2.18 bits per heavy atom. The first kappa shape index (κ1) is 11.1. The molecule has 2 amide bonds. The predicted octanol–water partition coefficient (Wildman–Crippen LogP) is -0.464. The van der Waals surface area contributed by atoms with Crippen molar-refractivity contribution in [3.63, 3.8) is 0 Å². The van der Waals surface area contributed by atoms with Crippen LogP contribution in [-0.2, 0) is 41.7 Å². The number of hydrogen-bond donors (Lipinski definition) is 0. The van der Waals surface area contributed by atoms with Gasteiger partial charge < -0.3 is 12.6 Å². The third-order valence-electron chi connectivity index (χ3n) is 1.68. The number of hydrogen-bond acceptors (Lipinski definition) is 3. The van der Waals surface area contributed by atoms with Crippen molar-refractivity contribution in [3.05, 3.63) is 0 Å². The van der Waals surface area contributed by atoms with Crippen LogP contribution in [0.1, 0.15) is 6.42 Å². The van der Waals surface area contributed by atoms with Crippen molar-refractivity contribution in [2.24, 2.45) is 5.92 Å². The molecule has 1 fully saturated rings. The van der Waals surface area contributed by atoms with Crippen LogP contribution in [0, 0.1) is 5.92 Å². The molecular formula is C6H8NO2RuS. The van der Waals surface area contributed by atoms with Crippen molar-refractivity contribution in [2.45, 2.75) is 6.42 Å². The minimum Gasteiger partial charge on any atom is -0.792 e. The van der Waals surface area contributed by atoms with Gasteiger partial charge in [0.05, 0.1) is 0 Å². The SMILES string of the molecule is CN1C(=O)CC(C[S-])C1=O.[Ru+]. The van der Waals surface area contributed by atoms with E-state index in [0.717, 1.165) is 4.90 Å². The molecule has 1 heterocycles. The number of carbonyl (C=O) groups excluding carboxylic acids is 2. The number of carbonyl (C=O) groups is 2. The fraction of sp³-hybridized carbons (Fsp3) is 0.667. The van der Waals surface area contributed by atoms with Crippen LogP contribution in [0.15, 0.2) is 0 Å². The van der Waals surface area contributed by atoms with E-state index in [1.165, 1.54) is 7.05 Å². The second-order valence-electron chi connectivity index (χ2n) is 2.36. The van der Waals surface area contributed by atoms with Gasteiger partial charge in [-0.15, -0.1) is 0 Å². The van der Waals surface area contributed by atoms with Crippen LogP contribution >= 0.6 is 0 Å². The van der Waals surface area contributed by atoms with Crippen molar-refractivity contribution in [3.8, 4) is 0 Å². The maximum absolute atomic E-state index is 11.0. The molecule has 0 spiro atoms. The van der Waals surface area contributed by atoms with Gasteiger partial charge in [-0.05, 0) is 0 Å². The average Bonchev–Trinajstić information content (AvgIpc) is 2.17. The van der Waals surface area contributed by atoms with Crippen LogP contribution in [0.25, 0.3) is 0 Å². The van der Waals surface area contributed by atoms with E-state index in [1.54, 1.807) is 0 Å². The molecule has 0 N–H and O–H groups in total. The normalized spacial score (nSPS) is 23.8. The Labute approximate surface area is 83.7 Å². The summed E-state index contributed by atoms with van der Waals surface area (Å²) in [5.41, 5.74) is 0. The minimum absolute atomic E-state index is 0. The van der Waals surface area contributed by atoms with E-state index in [9.17, 15) is 9.59 Å². The largest absolute Gasteiger partial charge is 1.00 e. The zero-order chi connectivity index (χ0) is 7.72. The van der Waals surface area contributed by atoms with E-state index < -0.39 is 0 Å². The zero-order valence-electron chi connectivity index (χ0n) is 6.02. The number of nitrogens with zero attached hydrogens (tertiary/aromatic N) is 1. The van der Waals surface area contributed by atoms with Gasteiger partial charge in [0, 0.05) is 19.4 Å². The molecule has 1 aliphatic heterocycles. The first-order valence-corrected chi connectivity index (χ1v) is 3.63. The molecule has 11 heavy (non-hydrogen) atoms. The molecule has 1 rings (SSSR count). The van der Waals surface area contributed by atoms with Gasteiger partial charge in [0.2, 0.25) is 11.8 Å². The van der Waals surface area contributed by atoms with Gasteiger partial charge in [-0.2, -0.15) is 5.75 Å². The molecule has 1 unspecified atom stereocenters. The van der Waals surface area contributed by atoms with Gasteiger partial charge in [-0.25, -0.2) is 0 Å². The van der Waals surface area contributed by atoms with Crippen LogP contribution in [0.2, 0.25) is 0 Å². The van der Waals surface area contributed by atoms with Gasteiger partial charge >= 0.3 is 19.5 Å². The molecule has 3 nitrogen and oxygen atoms in total. The molecule has 0 saturated carbocycles. The molecule has 63 valence electrons. The fourth-order valence-electron chi connectivity index (χ4n) is 0.962. The summed E-state index contributed by atoms with van der Waals surface area (Å²) >= 11 is 4.70. The van der Waals surface area contributed by atoms with E-state index in [2.05, 4.69) is 0 Å². The van der Waals surface area contributed by atoms with Crippen molar-refractivity contribution >= 4 is 24.4 Å². The van der Waals surface area contributed by atoms with Gasteiger partial charge in [-0.3, -0.25) is 14.5 Å². The predicted molar refractivity (Wildman–Crippen MR) is 38.1 cm³/mol. The standard InChI is InChI=1S/C6H9NO2S.Ru/c1-7-5(8)2-4(3-10)6(7)9;/h4,10H,2-3H2,1H3;/q;+1/p-1. The van der Waals surface area contributed by atoms with E-state index >= 15 is 0 Å². The summed E-state index contributed by atoms with van der Waals surface area (Å²) < 4.78 is 0. The first-order valence-electron chi connectivity index (χ1n) is 3.05. The molecule has 0 aromatic heterocycles. The summed E-state index contributed by atoms with van der Waals surface area (Å²) in [4.78, 5) is 22.9. The maximum Gasteiger partial charge on any atom is 1.00 e. The molecule has 1 saturated heterocycles. The molecule has 1 aliphatic rings. The van der Waals surface area contributed by atoms with Crippen molar-refractivity contribution in [2.75, 3.05) is 12.8 Å². The van der Waals surface area contributed by atoms with Crippen LogP contribution < -0.4 is 0 Å². The molecule has 0 aromatic rings. The fourth-order valence-corrected chi connectivity index (χ4v) is 1.22. The Hall–Kier alpha value is 0.113. The molecular weight excluding hydrogens is 251 g/mol. The van der Waals surface area contributed by atoms with E-state index in [4.69, 9.17) is 12.6 Å². The van der Waals surface area contributed by atoms with E-state index in [0.29, 0.717) is 12.2 Å². The molecule has 1 radical (unpaired) electrons. The summed E-state index contributed by atoms with van der Waals surface area (Å²) in [6, 6.07) is 0. The van der Waals surface area contributed by atoms with Crippen LogP contribution in [0.4, 0.5) is 0 Å². The first-order chi connectivity index (χ1) is 4.66. The summed E-state index contributed by atoms with van der Waals surface area (Å²) in [7, 11) is 1.50. The van der Waals surface area contributed by atoms with Crippen LogP contribution in [0.5, 0.6) is 0 Å². The monoisotopic (exact) mass is 260 g/mol. The van der Waals surface area contributed by atoms with Crippen LogP contribution in [-0.4, -0.2) is 29.5 Å². The Morgan fingerprint density at radius 3 is 2.36 bits per heavy atom. The molecule has 0 aliphatic carbocycles. The smallest absolute Gasteiger partial charge is 0.792 e. The number of imide groups is 1. The van der Waals surface area contributed by atoms with Crippen molar-refractivity contribution in [1.29, 1.82) is 0 Å². The third-order valence-corrected chi connectivity index (χ3v) is 2.08. The Balaban J connectivity index is 0.000001000. The number of amides is 2. The topological polar surface area (TPSA) is 37.4 Å². The summed E-state index contributed by atoms with van der Waals surface area (Å²) in [6.07, 6.45) is 0.304.